The highest BCUT2D eigenvalue weighted by Gasteiger charge is 2.34. The van der Waals surface area contributed by atoms with Crippen molar-refractivity contribution in [2.24, 2.45) is 5.92 Å². The number of carbonyl (C=O) groups is 1. The number of esters is 1. The summed E-state index contributed by atoms with van der Waals surface area (Å²) >= 11 is 0. The third-order valence-electron chi connectivity index (χ3n) is 4.78. The van der Waals surface area contributed by atoms with Crippen molar-refractivity contribution in [3.05, 3.63) is 47.8 Å². The number of rotatable bonds is 9. The zero-order valence-electron chi connectivity index (χ0n) is 17.0. The van der Waals surface area contributed by atoms with Gasteiger partial charge in [-0.3, -0.25) is 4.98 Å². The first-order valence-corrected chi connectivity index (χ1v) is 9.33. The number of methoxy groups -OCH3 is 1. The van der Waals surface area contributed by atoms with Gasteiger partial charge in [0, 0.05) is 30.5 Å². The summed E-state index contributed by atoms with van der Waals surface area (Å²) in [6, 6.07) is 6.61. The summed E-state index contributed by atoms with van der Waals surface area (Å²) in [7, 11) is 1.28. The molecule has 9 nitrogen and oxygen atoms in total. The Kier molecular flexibility index (Phi) is 8.27. The van der Waals surface area contributed by atoms with Crippen LogP contribution in [0.5, 0.6) is 5.75 Å². The molecular formula is C21H27NO8. The number of ether oxygens (including phenoxy) is 2. The van der Waals surface area contributed by atoms with Crippen molar-refractivity contribution in [2.75, 3.05) is 13.7 Å². The van der Waals surface area contributed by atoms with E-state index in [1.54, 1.807) is 37.4 Å². The first kappa shape index (κ1) is 23.7. The number of aliphatic hydroxyl groups excluding tert-OH is 5. The van der Waals surface area contributed by atoms with Crippen molar-refractivity contribution in [1.29, 1.82) is 0 Å². The van der Waals surface area contributed by atoms with E-state index in [1.165, 1.54) is 20.2 Å². The van der Waals surface area contributed by atoms with Gasteiger partial charge in [-0.2, -0.15) is 0 Å². The van der Waals surface area contributed by atoms with E-state index >= 15 is 0 Å². The van der Waals surface area contributed by atoms with Gasteiger partial charge in [-0.05, 0) is 36.2 Å². The largest absolute Gasteiger partial charge is 0.465 e. The van der Waals surface area contributed by atoms with Crippen molar-refractivity contribution >= 4 is 5.97 Å². The summed E-state index contributed by atoms with van der Waals surface area (Å²) in [5.74, 6) is -0.953. The standard InChI is InChI=1S/C21H27NO8/c1-11-6-13(14-7-15(9-22-8-14)20(27)29-3)4-5-16(11)30-21(28)19(26)18(25)17(24)12(2)10-23/h4-9,12,17-19,21,23-26,28H,10H2,1-3H3. The predicted octanol–water partition coefficient (Wildman–Crippen LogP) is 0.252. The van der Waals surface area contributed by atoms with E-state index in [9.17, 15) is 25.2 Å². The fourth-order valence-corrected chi connectivity index (χ4v) is 2.80. The molecule has 9 heteroatoms. The van der Waals surface area contributed by atoms with Crippen LogP contribution in [0.15, 0.2) is 36.7 Å². The van der Waals surface area contributed by atoms with E-state index in [0.717, 1.165) is 5.56 Å². The molecule has 2 rings (SSSR count). The van der Waals surface area contributed by atoms with E-state index in [1.807, 2.05) is 0 Å². The normalized spacial score (nSPS) is 16.3. The van der Waals surface area contributed by atoms with Gasteiger partial charge in [0.25, 0.3) is 0 Å². The first-order valence-electron chi connectivity index (χ1n) is 9.33. The average molecular weight is 421 g/mol. The second-order valence-corrected chi connectivity index (χ2v) is 7.07. The van der Waals surface area contributed by atoms with Gasteiger partial charge in [0.05, 0.1) is 18.8 Å². The summed E-state index contributed by atoms with van der Waals surface area (Å²) in [6.45, 7) is 2.81. The quantitative estimate of drug-likeness (QED) is 0.284. The van der Waals surface area contributed by atoms with Crippen LogP contribution in [0, 0.1) is 12.8 Å². The summed E-state index contributed by atoms with van der Waals surface area (Å²) in [5.41, 5.74) is 2.32. The molecule has 0 fully saturated rings. The van der Waals surface area contributed by atoms with Gasteiger partial charge in [-0.1, -0.05) is 13.0 Å². The third kappa shape index (κ3) is 5.53. The zero-order valence-corrected chi connectivity index (χ0v) is 17.0. The molecule has 0 aliphatic carbocycles. The molecule has 5 unspecified atom stereocenters. The SMILES string of the molecule is COC(=O)c1cncc(-c2ccc(OC(O)C(O)C(O)C(O)C(C)CO)c(C)c2)c1. The highest BCUT2D eigenvalue weighted by Crippen LogP contribution is 2.27. The van der Waals surface area contributed by atoms with Crippen molar-refractivity contribution < 1.29 is 39.8 Å². The van der Waals surface area contributed by atoms with E-state index in [0.29, 0.717) is 16.7 Å². The number of aryl methyl sites for hydroxylation is 1. The van der Waals surface area contributed by atoms with Gasteiger partial charge < -0.3 is 35.0 Å². The van der Waals surface area contributed by atoms with Crippen LogP contribution in [-0.4, -0.2) is 74.8 Å². The molecule has 0 radical (unpaired) electrons. The maximum absolute atomic E-state index is 11.7. The van der Waals surface area contributed by atoms with Crippen LogP contribution in [0.4, 0.5) is 0 Å². The third-order valence-corrected chi connectivity index (χ3v) is 4.78. The summed E-state index contributed by atoms with van der Waals surface area (Å²) in [5, 5.41) is 49.1. The molecule has 164 valence electrons. The minimum atomic E-state index is -1.81. The second-order valence-electron chi connectivity index (χ2n) is 7.07. The number of aromatic nitrogens is 1. The Morgan fingerprint density at radius 2 is 1.73 bits per heavy atom. The number of carbonyl (C=O) groups excluding carboxylic acids is 1. The molecule has 1 heterocycles. The van der Waals surface area contributed by atoms with Crippen molar-refractivity contribution in [3.63, 3.8) is 0 Å². The maximum atomic E-state index is 11.7. The molecule has 0 spiro atoms. The molecule has 30 heavy (non-hydrogen) atoms. The number of hydrogen-bond donors (Lipinski definition) is 5. The molecule has 0 aliphatic heterocycles. The van der Waals surface area contributed by atoms with Crippen LogP contribution in [0.2, 0.25) is 0 Å². The number of pyridine rings is 1. The summed E-state index contributed by atoms with van der Waals surface area (Å²) in [6.07, 6.45) is -3.78. The van der Waals surface area contributed by atoms with E-state index < -0.39 is 43.1 Å². The Balaban J connectivity index is 2.15. The van der Waals surface area contributed by atoms with Gasteiger partial charge in [0.15, 0.2) is 0 Å². The number of hydrogen-bond acceptors (Lipinski definition) is 9. The molecule has 1 aromatic heterocycles. The molecule has 0 bridgehead atoms. The number of nitrogens with zero attached hydrogens (tertiary/aromatic N) is 1. The van der Waals surface area contributed by atoms with Crippen LogP contribution in [0.3, 0.4) is 0 Å². The van der Waals surface area contributed by atoms with Gasteiger partial charge in [0.2, 0.25) is 6.29 Å². The average Bonchev–Trinajstić information content (AvgIpc) is 2.77. The van der Waals surface area contributed by atoms with Crippen molar-refractivity contribution in [2.45, 2.75) is 38.4 Å². The fourth-order valence-electron chi connectivity index (χ4n) is 2.80. The Bertz CT molecular complexity index is 859. The lowest BCUT2D eigenvalue weighted by molar-refractivity contribution is -0.172. The van der Waals surface area contributed by atoms with E-state index in [4.69, 9.17) is 14.6 Å². The topological polar surface area (TPSA) is 150 Å². The van der Waals surface area contributed by atoms with Crippen LogP contribution in [0.25, 0.3) is 11.1 Å². The molecule has 2 aromatic rings. The van der Waals surface area contributed by atoms with Crippen LogP contribution in [-0.2, 0) is 4.74 Å². The smallest absolute Gasteiger partial charge is 0.339 e. The number of aliphatic hydroxyl groups is 5. The van der Waals surface area contributed by atoms with Crippen LogP contribution >= 0.6 is 0 Å². The zero-order chi connectivity index (χ0) is 22.4. The lowest BCUT2D eigenvalue weighted by atomic mass is 9.97. The monoisotopic (exact) mass is 421 g/mol. The lowest BCUT2D eigenvalue weighted by Crippen LogP contribution is -2.49. The Hall–Kier alpha value is -2.56. The lowest BCUT2D eigenvalue weighted by Gasteiger charge is -2.29. The summed E-state index contributed by atoms with van der Waals surface area (Å²) < 4.78 is 10.0. The van der Waals surface area contributed by atoms with Gasteiger partial charge >= 0.3 is 5.97 Å². The van der Waals surface area contributed by atoms with E-state index in [-0.39, 0.29) is 5.75 Å². The molecule has 0 saturated carbocycles. The van der Waals surface area contributed by atoms with Crippen molar-refractivity contribution in [1.82, 2.24) is 4.98 Å². The second kappa shape index (κ2) is 10.5. The predicted molar refractivity (Wildman–Crippen MR) is 107 cm³/mol. The summed E-state index contributed by atoms with van der Waals surface area (Å²) in [4.78, 5) is 15.7. The first-order chi connectivity index (χ1) is 14.2. The molecule has 0 aliphatic rings. The van der Waals surface area contributed by atoms with E-state index in [2.05, 4.69) is 4.98 Å². The Morgan fingerprint density at radius 1 is 1.03 bits per heavy atom. The van der Waals surface area contributed by atoms with Crippen LogP contribution in [0.1, 0.15) is 22.8 Å². The van der Waals surface area contributed by atoms with Gasteiger partial charge in [-0.25, -0.2) is 4.79 Å². The Labute approximate surface area is 174 Å². The van der Waals surface area contributed by atoms with Crippen LogP contribution < -0.4 is 4.74 Å². The highest BCUT2D eigenvalue weighted by atomic mass is 16.6. The maximum Gasteiger partial charge on any atom is 0.339 e. The molecule has 5 N–H and O–H groups in total. The minimum absolute atomic E-state index is 0.249. The molecule has 1 aromatic carbocycles. The molecule has 0 amide bonds. The highest BCUT2D eigenvalue weighted by molar-refractivity contribution is 5.90. The minimum Gasteiger partial charge on any atom is -0.465 e. The Morgan fingerprint density at radius 3 is 2.33 bits per heavy atom. The molecule has 0 saturated heterocycles. The van der Waals surface area contributed by atoms with Gasteiger partial charge in [-0.15, -0.1) is 0 Å². The molecule has 5 atom stereocenters. The van der Waals surface area contributed by atoms with Gasteiger partial charge in [0.1, 0.15) is 18.0 Å². The van der Waals surface area contributed by atoms with Crippen molar-refractivity contribution in [3.8, 4) is 16.9 Å². The number of benzene rings is 1. The molecular weight excluding hydrogens is 394 g/mol. The fraction of sp³-hybridized carbons (Fsp3) is 0.429.